The van der Waals surface area contributed by atoms with Crippen molar-refractivity contribution >= 4 is 74.1 Å². The summed E-state index contributed by atoms with van der Waals surface area (Å²) in [5.74, 6) is -3.80. The molecule has 0 aliphatic carbocycles. The molecule has 4 aromatic rings. The Morgan fingerprint density at radius 2 is 1.64 bits per heavy atom. The highest BCUT2D eigenvalue weighted by Crippen LogP contribution is 2.54. The standard InChI is InChI=1S/C31H23BrFN3O6S2/c1-2-42-30(40)17-5-11-20(12-6-17)34-22(37)15-35-29-26(44-31(35)41)23(16-3-7-18(32)8-4-16)24-25(43-29)28(39)36(27(24)38)21-13-9-19(33)10-14-21/h3-14,23-25H,2,15H2,1H3,(H,34,37)/t23-,24-,25+/m0/s1. The molecule has 0 spiro atoms. The number of imide groups is 1. The monoisotopic (exact) mass is 695 g/mol. The van der Waals surface area contributed by atoms with Crippen molar-refractivity contribution in [3.63, 3.8) is 0 Å². The third-order valence-corrected chi connectivity index (χ3v) is 10.5. The lowest BCUT2D eigenvalue weighted by Crippen LogP contribution is -2.33. The number of anilines is 2. The Balaban J connectivity index is 1.33. The minimum absolute atomic E-state index is 0.239. The highest BCUT2D eigenvalue weighted by molar-refractivity contribution is 9.10. The molecule has 2 aliphatic heterocycles. The number of halogens is 2. The largest absolute Gasteiger partial charge is 0.462 e. The number of hydrogen-bond acceptors (Lipinski definition) is 8. The van der Waals surface area contributed by atoms with Crippen molar-refractivity contribution in [2.24, 2.45) is 5.92 Å². The quantitative estimate of drug-likeness (QED) is 0.203. The molecule has 13 heteroatoms. The molecule has 1 fully saturated rings. The Morgan fingerprint density at radius 1 is 0.955 bits per heavy atom. The number of hydrogen-bond donors (Lipinski definition) is 1. The first-order chi connectivity index (χ1) is 21.2. The van der Waals surface area contributed by atoms with Crippen molar-refractivity contribution in [3.8, 4) is 0 Å². The number of nitrogens with one attached hydrogen (secondary N) is 1. The van der Waals surface area contributed by atoms with Crippen molar-refractivity contribution in [1.82, 2.24) is 4.57 Å². The van der Waals surface area contributed by atoms with Gasteiger partial charge in [-0.25, -0.2) is 14.1 Å². The molecule has 3 amide bonds. The first kappa shape index (κ1) is 30.0. The van der Waals surface area contributed by atoms with Crippen LogP contribution in [-0.2, 0) is 25.7 Å². The van der Waals surface area contributed by atoms with Crippen LogP contribution in [0.5, 0.6) is 0 Å². The van der Waals surface area contributed by atoms with Crippen LogP contribution in [0, 0.1) is 11.7 Å². The van der Waals surface area contributed by atoms with Crippen molar-refractivity contribution in [1.29, 1.82) is 0 Å². The van der Waals surface area contributed by atoms with Gasteiger partial charge in [0.1, 0.15) is 17.6 Å². The summed E-state index contributed by atoms with van der Waals surface area (Å²) < 4.78 is 20.8. The van der Waals surface area contributed by atoms with E-state index in [0.29, 0.717) is 21.2 Å². The molecule has 0 bridgehead atoms. The zero-order chi connectivity index (χ0) is 31.1. The maximum Gasteiger partial charge on any atom is 0.338 e. The van der Waals surface area contributed by atoms with Crippen LogP contribution in [0.15, 0.2) is 87.1 Å². The van der Waals surface area contributed by atoms with E-state index in [2.05, 4.69) is 21.2 Å². The molecule has 1 N–H and O–H groups in total. The zero-order valence-corrected chi connectivity index (χ0v) is 26.2. The SMILES string of the molecule is CCOC(=O)c1ccc(NC(=O)Cn2c3c(sc2=O)[C@@H](c2ccc(Br)cc2)[C@@H]2C(=O)N(c4ccc(F)cc4)C(=O)[C@@H]2S3)cc1. The number of carbonyl (C=O) groups excluding carboxylic acids is 4. The molecule has 2 aliphatic rings. The van der Waals surface area contributed by atoms with Gasteiger partial charge in [0, 0.05) is 21.0 Å². The smallest absolute Gasteiger partial charge is 0.338 e. The molecule has 6 rings (SSSR count). The molecule has 3 aromatic carbocycles. The summed E-state index contributed by atoms with van der Waals surface area (Å²) in [5, 5.41) is 2.32. The Morgan fingerprint density at radius 3 is 2.30 bits per heavy atom. The van der Waals surface area contributed by atoms with Crippen molar-refractivity contribution < 1.29 is 28.3 Å². The first-order valence-corrected chi connectivity index (χ1v) is 16.0. The number of thioether (sulfide) groups is 1. The second-order valence-electron chi connectivity index (χ2n) is 10.1. The predicted molar refractivity (Wildman–Crippen MR) is 168 cm³/mol. The third kappa shape index (κ3) is 5.51. The van der Waals surface area contributed by atoms with E-state index in [1.807, 2.05) is 24.3 Å². The highest BCUT2D eigenvalue weighted by atomic mass is 79.9. The number of nitrogens with zero attached hydrogens (tertiary/aromatic N) is 2. The predicted octanol–water partition coefficient (Wildman–Crippen LogP) is 5.42. The molecular weight excluding hydrogens is 673 g/mol. The molecule has 44 heavy (non-hydrogen) atoms. The zero-order valence-electron chi connectivity index (χ0n) is 23.0. The molecular formula is C31H23BrFN3O6S2. The van der Waals surface area contributed by atoms with Gasteiger partial charge in [-0.15, -0.1) is 0 Å². The molecule has 0 saturated carbocycles. The Hall–Kier alpha value is -4.07. The Kier molecular flexibility index (Phi) is 8.27. The average Bonchev–Trinajstić information content (AvgIpc) is 3.45. The van der Waals surface area contributed by atoms with Gasteiger partial charge in [-0.3, -0.25) is 23.7 Å². The first-order valence-electron chi connectivity index (χ1n) is 13.5. The van der Waals surface area contributed by atoms with E-state index < -0.39 is 51.5 Å². The van der Waals surface area contributed by atoms with Gasteiger partial charge < -0.3 is 10.1 Å². The number of rotatable bonds is 7. The van der Waals surface area contributed by atoms with Crippen LogP contribution < -0.4 is 15.1 Å². The van der Waals surface area contributed by atoms with Gasteiger partial charge in [0.05, 0.1) is 28.8 Å². The fourth-order valence-electron chi connectivity index (χ4n) is 5.38. The van der Waals surface area contributed by atoms with E-state index in [4.69, 9.17) is 4.74 Å². The van der Waals surface area contributed by atoms with E-state index >= 15 is 0 Å². The number of esters is 1. The van der Waals surface area contributed by atoms with Gasteiger partial charge in [0.15, 0.2) is 0 Å². The minimum atomic E-state index is -0.868. The summed E-state index contributed by atoms with van der Waals surface area (Å²) in [6, 6.07) is 18.7. The van der Waals surface area contributed by atoms with Gasteiger partial charge in [0.25, 0.3) is 0 Å². The van der Waals surface area contributed by atoms with Crippen molar-refractivity contribution in [3.05, 3.63) is 109 Å². The minimum Gasteiger partial charge on any atom is -0.462 e. The second-order valence-corrected chi connectivity index (χ2v) is 13.1. The van der Waals surface area contributed by atoms with Crippen molar-refractivity contribution in [2.45, 2.75) is 29.7 Å². The van der Waals surface area contributed by atoms with E-state index in [9.17, 15) is 28.4 Å². The molecule has 3 atom stereocenters. The number of aromatic nitrogens is 1. The maximum absolute atomic E-state index is 13.9. The van der Waals surface area contributed by atoms with Gasteiger partial charge in [-0.2, -0.15) is 0 Å². The molecule has 9 nitrogen and oxygen atoms in total. The lowest BCUT2D eigenvalue weighted by atomic mass is 9.83. The van der Waals surface area contributed by atoms with Crippen LogP contribution in [-0.4, -0.2) is 40.1 Å². The number of fused-ring (bicyclic) bond motifs is 2. The lowest BCUT2D eigenvalue weighted by molar-refractivity contribution is -0.122. The topological polar surface area (TPSA) is 115 Å². The average molecular weight is 697 g/mol. The van der Waals surface area contributed by atoms with Crippen LogP contribution in [0.2, 0.25) is 0 Å². The summed E-state index contributed by atoms with van der Waals surface area (Å²) in [4.78, 5) is 67.3. The summed E-state index contributed by atoms with van der Waals surface area (Å²) in [7, 11) is 0. The van der Waals surface area contributed by atoms with Crippen LogP contribution in [0.4, 0.5) is 15.8 Å². The highest BCUT2D eigenvalue weighted by Gasteiger charge is 2.56. The number of amides is 3. The molecule has 1 saturated heterocycles. The lowest BCUT2D eigenvalue weighted by Gasteiger charge is -2.30. The van der Waals surface area contributed by atoms with Gasteiger partial charge >= 0.3 is 10.8 Å². The fraction of sp³-hybridized carbons (Fsp3) is 0.194. The van der Waals surface area contributed by atoms with E-state index in [1.54, 1.807) is 19.1 Å². The summed E-state index contributed by atoms with van der Waals surface area (Å²) >= 11 is 5.47. The summed E-state index contributed by atoms with van der Waals surface area (Å²) in [6.07, 6.45) is 0. The number of thiazole rings is 1. The van der Waals surface area contributed by atoms with E-state index in [0.717, 1.165) is 38.0 Å². The molecule has 0 unspecified atom stereocenters. The number of benzene rings is 3. The number of ether oxygens (including phenoxy) is 1. The van der Waals surface area contributed by atoms with Gasteiger partial charge in [0.2, 0.25) is 17.7 Å². The molecule has 0 radical (unpaired) electrons. The number of carbonyl (C=O) groups is 4. The van der Waals surface area contributed by atoms with Gasteiger partial charge in [-0.1, -0.05) is 51.2 Å². The third-order valence-electron chi connectivity index (χ3n) is 7.34. The van der Waals surface area contributed by atoms with Gasteiger partial charge in [-0.05, 0) is 73.2 Å². The Bertz CT molecular complexity index is 1840. The second kappa shape index (κ2) is 12.1. The van der Waals surface area contributed by atoms with E-state index in [-0.39, 0.29) is 18.8 Å². The Labute approximate surface area is 267 Å². The fourth-order valence-corrected chi connectivity index (χ4v) is 8.41. The normalized spacial score (nSPS) is 19.0. The van der Waals surface area contributed by atoms with Crippen molar-refractivity contribution in [2.75, 3.05) is 16.8 Å². The molecule has 224 valence electrons. The van der Waals surface area contributed by atoms with E-state index in [1.165, 1.54) is 41.0 Å². The van der Waals surface area contributed by atoms with Crippen LogP contribution in [0.1, 0.15) is 33.6 Å². The van der Waals surface area contributed by atoms with Crippen LogP contribution >= 0.6 is 39.0 Å². The summed E-state index contributed by atoms with van der Waals surface area (Å²) in [6.45, 7) is 1.62. The molecule has 3 heterocycles. The van der Waals surface area contributed by atoms with Crippen LogP contribution in [0.3, 0.4) is 0 Å². The molecule has 1 aromatic heterocycles. The summed E-state index contributed by atoms with van der Waals surface area (Å²) in [5.41, 5.74) is 1.77. The van der Waals surface area contributed by atoms with Crippen LogP contribution in [0.25, 0.3) is 0 Å². The maximum atomic E-state index is 13.9.